The van der Waals surface area contributed by atoms with Crippen molar-refractivity contribution in [1.29, 1.82) is 0 Å². The lowest BCUT2D eigenvalue weighted by Crippen LogP contribution is -2.18. The molecule has 1 aromatic rings. The molecule has 62 valence electrons. The Morgan fingerprint density at radius 3 is 3.09 bits per heavy atom. The number of halogens is 1. The van der Waals surface area contributed by atoms with Crippen LogP contribution in [-0.4, -0.2) is 22.8 Å². The Balaban J connectivity index is 2.32. The van der Waals surface area contributed by atoms with Crippen LogP contribution >= 0.6 is 0 Å². The van der Waals surface area contributed by atoms with E-state index in [-0.39, 0.29) is 6.67 Å². The van der Waals surface area contributed by atoms with E-state index in [4.69, 9.17) is 0 Å². The maximum absolute atomic E-state index is 11.6. The highest BCUT2D eigenvalue weighted by atomic mass is 19.1. The first kappa shape index (κ1) is 8.20. The number of nitrogens with zero attached hydrogens (tertiary/aromatic N) is 2. The number of aryl methyl sites for hydroxylation is 1. The van der Waals surface area contributed by atoms with Gasteiger partial charge in [0.1, 0.15) is 12.5 Å². The molecule has 0 saturated carbocycles. The van der Waals surface area contributed by atoms with Crippen molar-refractivity contribution >= 4 is 0 Å². The van der Waals surface area contributed by atoms with E-state index in [2.05, 4.69) is 10.3 Å². The van der Waals surface area contributed by atoms with Crippen LogP contribution in [0, 0.1) is 0 Å². The molecule has 0 unspecified atom stereocenters. The first-order valence-corrected chi connectivity index (χ1v) is 3.57. The minimum absolute atomic E-state index is 0.329. The summed E-state index contributed by atoms with van der Waals surface area (Å²) in [7, 11) is 1.92. The van der Waals surface area contributed by atoms with E-state index >= 15 is 0 Å². The Kier molecular flexibility index (Phi) is 3.04. The van der Waals surface area contributed by atoms with Gasteiger partial charge < -0.3 is 9.88 Å². The Labute approximate surface area is 65.2 Å². The summed E-state index contributed by atoms with van der Waals surface area (Å²) in [5, 5.41) is 2.92. The zero-order chi connectivity index (χ0) is 8.10. The van der Waals surface area contributed by atoms with E-state index in [1.165, 1.54) is 0 Å². The number of alkyl halides is 1. The molecule has 1 heterocycles. The van der Waals surface area contributed by atoms with Crippen molar-refractivity contribution in [3.05, 3.63) is 18.2 Å². The van der Waals surface area contributed by atoms with Crippen LogP contribution in [0.2, 0.25) is 0 Å². The van der Waals surface area contributed by atoms with E-state index in [0.29, 0.717) is 13.1 Å². The van der Waals surface area contributed by atoms with Crippen LogP contribution in [0.15, 0.2) is 12.4 Å². The molecule has 1 aromatic heterocycles. The Morgan fingerprint density at radius 1 is 1.73 bits per heavy atom. The monoisotopic (exact) mass is 157 g/mol. The summed E-state index contributed by atoms with van der Waals surface area (Å²) in [6, 6.07) is 0. The third-order valence-corrected chi connectivity index (χ3v) is 1.48. The van der Waals surface area contributed by atoms with Gasteiger partial charge >= 0.3 is 0 Å². The minimum atomic E-state index is -0.329. The second kappa shape index (κ2) is 4.08. The predicted molar refractivity (Wildman–Crippen MR) is 40.9 cm³/mol. The van der Waals surface area contributed by atoms with Gasteiger partial charge in [0, 0.05) is 26.0 Å². The third kappa shape index (κ3) is 2.31. The molecule has 0 aliphatic carbocycles. The van der Waals surface area contributed by atoms with Crippen molar-refractivity contribution < 1.29 is 4.39 Å². The highest BCUT2D eigenvalue weighted by molar-refractivity contribution is 4.89. The quantitative estimate of drug-likeness (QED) is 0.644. The highest BCUT2D eigenvalue weighted by Crippen LogP contribution is 1.91. The van der Waals surface area contributed by atoms with Gasteiger partial charge in [0.05, 0.1) is 6.54 Å². The standard InChI is InChI=1S/C7H12FN3/c1-11-5-4-10-7(11)6-9-3-2-8/h4-5,9H,2-3,6H2,1H3. The van der Waals surface area contributed by atoms with Gasteiger partial charge in [0.2, 0.25) is 0 Å². The maximum Gasteiger partial charge on any atom is 0.122 e. The molecule has 0 spiro atoms. The average Bonchev–Trinajstić information content (AvgIpc) is 2.37. The fourth-order valence-electron chi connectivity index (χ4n) is 0.834. The molecule has 0 atom stereocenters. The van der Waals surface area contributed by atoms with Crippen molar-refractivity contribution in [3.63, 3.8) is 0 Å². The van der Waals surface area contributed by atoms with Gasteiger partial charge in [-0.3, -0.25) is 0 Å². The molecule has 0 aromatic carbocycles. The van der Waals surface area contributed by atoms with Gasteiger partial charge in [-0.25, -0.2) is 9.37 Å². The largest absolute Gasteiger partial charge is 0.337 e. The normalized spacial score (nSPS) is 10.4. The molecule has 11 heavy (non-hydrogen) atoms. The lowest BCUT2D eigenvalue weighted by molar-refractivity contribution is 0.462. The minimum Gasteiger partial charge on any atom is -0.337 e. The second-order valence-corrected chi connectivity index (χ2v) is 2.32. The molecule has 0 fully saturated rings. The van der Waals surface area contributed by atoms with Crippen LogP contribution in [0.3, 0.4) is 0 Å². The lowest BCUT2D eigenvalue weighted by Gasteiger charge is -2.01. The Morgan fingerprint density at radius 2 is 2.55 bits per heavy atom. The fraction of sp³-hybridized carbons (Fsp3) is 0.571. The number of hydrogen-bond donors (Lipinski definition) is 1. The summed E-state index contributed by atoms with van der Waals surface area (Å²) in [4.78, 5) is 4.07. The first-order valence-electron chi connectivity index (χ1n) is 3.57. The molecule has 0 bridgehead atoms. The molecule has 0 radical (unpaired) electrons. The van der Waals surface area contributed by atoms with Gasteiger partial charge in [0.15, 0.2) is 0 Å². The molecule has 0 amide bonds. The van der Waals surface area contributed by atoms with Gasteiger partial charge in [-0.1, -0.05) is 0 Å². The van der Waals surface area contributed by atoms with E-state index in [9.17, 15) is 4.39 Å². The number of rotatable bonds is 4. The summed E-state index contributed by atoms with van der Waals surface area (Å²) in [5.41, 5.74) is 0. The van der Waals surface area contributed by atoms with Crippen molar-refractivity contribution in [3.8, 4) is 0 Å². The van der Waals surface area contributed by atoms with Gasteiger partial charge in [-0.05, 0) is 0 Å². The molecule has 1 rings (SSSR count). The summed E-state index contributed by atoms with van der Waals surface area (Å²) in [6.07, 6.45) is 3.60. The van der Waals surface area contributed by atoms with E-state index in [1.54, 1.807) is 6.20 Å². The summed E-state index contributed by atoms with van der Waals surface area (Å²) < 4.78 is 13.5. The molecule has 3 nitrogen and oxygen atoms in total. The summed E-state index contributed by atoms with van der Waals surface area (Å²) >= 11 is 0. The molecular weight excluding hydrogens is 145 g/mol. The van der Waals surface area contributed by atoms with Crippen LogP contribution in [0.4, 0.5) is 4.39 Å². The van der Waals surface area contributed by atoms with E-state index < -0.39 is 0 Å². The molecule has 0 saturated heterocycles. The number of nitrogens with one attached hydrogen (secondary N) is 1. The van der Waals surface area contributed by atoms with Crippen LogP contribution in [0.1, 0.15) is 5.82 Å². The SMILES string of the molecule is Cn1ccnc1CNCCF. The number of hydrogen-bond acceptors (Lipinski definition) is 2. The first-order chi connectivity index (χ1) is 5.34. The zero-order valence-electron chi connectivity index (χ0n) is 6.55. The third-order valence-electron chi connectivity index (χ3n) is 1.48. The number of imidazole rings is 1. The Bertz CT molecular complexity index is 209. The van der Waals surface area contributed by atoms with Crippen molar-refractivity contribution in [2.75, 3.05) is 13.2 Å². The highest BCUT2D eigenvalue weighted by Gasteiger charge is 1.96. The average molecular weight is 157 g/mol. The number of aromatic nitrogens is 2. The van der Waals surface area contributed by atoms with Crippen molar-refractivity contribution in [2.45, 2.75) is 6.54 Å². The van der Waals surface area contributed by atoms with Crippen molar-refractivity contribution in [1.82, 2.24) is 14.9 Å². The van der Waals surface area contributed by atoms with E-state index in [0.717, 1.165) is 5.82 Å². The molecule has 4 heteroatoms. The fourth-order valence-corrected chi connectivity index (χ4v) is 0.834. The topological polar surface area (TPSA) is 29.9 Å². The van der Waals surface area contributed by atoms with Crippen LogP contribution in [-0.2, 0) is 13.6 Å². The van der Waals surface area contributed by atoms with Gasteiger partial charge in [-0.15, -0.1) is 0 Å². The summed E-state index contributed by atoms with van der Waals surface area (Å²) in [6.45, 7) is 0.699. The summed E-state index contributed by atoms with van der Waals surface area (Å²) in [5.74, 6) is 0.929. The van der Waals surface area contributed by atoms with Crippen LogP contribution in [0.5, 0.6) is 0 Å². The van der Waals surface area contributed by atoms with Crippen molar-refractivity contribution in [2.24, 2.45) is 7.05 Å². The van der Waals surface area contributed by atoms with Crippen LogP contribution in [0.25, 0.3) is 0 Å². The Hall–Kier alpha value is -0.900. The maximum atomic E-state index is 11.6. The van der Waals surface area contributed by atoms with Crippen LogP contribution < -0.4 is 5.32 Å². The smallest absolute Gasteiger partial charge is 0.122 e. The predicted octanol–water partition coefficient (Wildman–Crippen LogP) is 0.479. The molecule has 0 aliphatic heterocycles. The molecule has 1 N–H and O–H groups in total. The lowest BCUT2D eigenvalue weighted by atomic mass is 10.5. The van der Waals surface area contributed by atoms with E-state index in [1.807, 2.05) is 17.8 Å². The zero-order valence-corrected chi connectivity index (χ0v) is 6.55. The second-order valence-electron chi connectivity index (χ2n) is 2.32. The van der Waals surface area contributed by atoms with Gasteiger partial charge in [-0.2, -0.15) is 0 Å². The molecular formula is C7H12FN3. The van der Waals surface area contributed by atoms with Gasteiger partial charge in [0.25, 0.3) is 0 Å². The molecule has 0 aliphatic rings.